The minimum atomic E-state index is -0.437. The van der Waals surface area contributed by atoms with Crippen molar-refractivity contribution in [1.29, 1.82) is 0 Å². The van der Waals surface area contributed by atoms with Crippen LogP contribution >= 0.6 is 22.9 Å². The predicted molar refractivity (Wildman–Crippen MR) is 113 cm³/mol. The first-order chi connectivity index (χ1) is 13.4. The smallest absolute Gasteiger partial charge is 0.340 e. The van der Waals surface area contributed by atoms with Crippen molar-refractivity contribution in [1.82, 2.24) is 4.98 Å². The molecule has 0 aliphatic heterocycles. The van der Waals surface area contributed by atoms with Gasteiger partial charge in [-0.3, -0.25) is 0 Å². The predicted octanol–water partition coefficient (Wildman–Crippen LogP) is 5.51. The van der Waals surface area contributed by atoms with Crippen LogP contribution in [0.3, 0.4) is 0 Å². The molecule has 5 nitrogen and oxygen atoms in total. The summed E-state index contributed by atoms with van der Waals surface area (Å²) in [4.78, 5) is 19.6. The second-order valence-corrected chi connectivity index (χ2v) is 7.70. The lowest BCUT2D eigenvalue weighted by Gasteiger charge is -2.16. The van der Waals surface area contributed by atoms with Crippen LogP contribution in [0.5, 0.6) is 11.5 Å². The Hall–Kier alpha value is -2.31. The maximum absolute atomic E-state index is 12.9. The number of hydrogen-bond donors (Lipinski definition) is 0. The summed E-state index contributed by atoms with van der Waals surface area (Å²) in [6, 6.07) is 5.55. The van der Waals surface area contributed by atoms with E-state index in [4.69, 9.17) is 25.8 Å². The third kappa shape index (κ3) is 3.54. The first-order valence-corrected chi connectivity index (χ1v) is 10.2. The molecule has 3 aromatic rings. The molecule has 0 aliphatic rings. The van der Waals surface area contributed by atoms with E-state index < -0.39 is 5.97 Å². The van der Waals surface area contributed by atoms with Crippen LogP contribution in [0, 0.1) is 13.8 Å². The molecule has 28 heavy (non-hydrogen) atoms. The van der Waals surface area contributed by atoms with E-state index in [9.17, 15) is 4.79 Å². The highest BCUT2D eigenvalue weighted by molar-refractivity contribution is 7.18. The van der Waals surface area contributed by atoms with E-state index in [1.807, 2.05) is 26.0 Å². The molecule has 0 unspecified atom stereocenters. The van der Waals surface area contributed by atoms with Crippen molar-refractivity contribution in [2.24, 2.45) is 0 Å². The van der Waals surface area contributed by atoms with Gasteiger partial charge in [0, 0.05) is 21.9 Å². The third-order valence-corrected chi connectivity index (χ3v) is 5.99. The van der Waals surface area contributed by atoms with Crippen molar-refractivity contribution in [2.75, 3.05) is 20.8 Å². The zero-order valence-corrected chi connectivity index (χ0v) is 18.1. The molecule has 0 atom stereocenters. The summed E-state index contributed by atoms with van der Waals surface area (Å²) in [5.41, 5.74) is 3.51. The van der Waals surface area contributed by atoms with E-state index in [1.165, 1.54) is 0 Å². The number of aryl methyl sites for hydroxylation is 2. The maximum Gasteiger partial charge on any atom is 0.340 e. The quantitative estimate of drug-likeness (QED) is 0.389. The number of halogens is 1. The number of carbonyl (C=O) groups is 1. The van der Waals surface area contributed by atoms with Crippen LogP contribution in [0.4, 0.5) is 0 Å². The van der Waals surface area contributed by atoms with Crippen molar-refractivity contribution >= 4 is 39.1 Å². The van der Waals surface area contributed by atoms with Crippen LogP contribution in [-0.4, -0.2) is 31.8 Å². The molecule has 0 saturated heterocycles. The Balaban J connectivity index is 2.48. The number of aromatic nitrogens is 1. The minimum absolute atomic E-state index is 0.105. The highest BCUT2D eigenvalue weighted by Gasteiger charge is 2.26. The second kappa shape index (κ2) is 8.37. The lowest BCUT2D eigenvalue weighted by Crippen LogP contribution is -2.11. The molecule has 0 spiro atoms. The zero-order chi connectivity index (χ0) is 20.4. The molecule has 0 N–H and O–H groups in total. The number of hydrogen-bond acceptors (Lipinski definition) is 6. The number of ether oxygens (including phenoxy) is 3. The normalized spacial score (nSPS) is 10.9. The Kier molecular flexibility index (Phi) is 6.10. The average Bonchev–Trinajstić information content (AvgIpc) is 2.99. The van der Waals surface area contributed by atoms with Crippen molar-refractivity contribution in [3.8, 4) is 22.6 Å². The number of methoxy groups -OCH3 is 2. The van der Waals surface area contributed by atoms with Gasteiger partial charge in [0.25, 0.3) is 0 Å². The standard InChI is InChI=1S/C21H22ClNO4S/c1-6-27-21(24)19-16(10-22)23-20-17(11(2)12(3)28-20)18(19)13-7-14(25-4)9-15(8-13)26-5/h7-9H,6,10H2,1-5H3. The lowest BCUT2D eigenvalue weighted by atomic mass is 9.94. The summed E-state index contributed by atoms with van der Waals surface area (Å²) in [5, 5.41) is 0.926. The Bertz CT molecular complexity index is 1020. The van der Waals surface area contributed by atoms with Gasteiger partial charge >= 0.3 is 5.97 Å². The molecule has 2 heterocycles. The number of alkyl halides is 1. The van der Waals surface area contributed by atoms with Crippen LogP contribution in [0.2, 0.25) is 0 Å². The summed E-state index contributed by atoms with van der Waals surface area (Å²) < 4.78 is 16.2. The van der Waals surface area contributed by atoms with E-state index in [1.54, 1.807) is 38.5 Å². The Morgan fingerprint density at radius 1 is 1.14 bits per heavy atom. The summed E-state index contributed by atoms with van der Waals surface area (Å²) in [5.74, 6) is 0.929. The molecule has 3 rings (SSSR count). The fourth-order valence-corrected chi connectivity index (χ4v) is 4.44. The molecule has 0 radical (unpaired) electrons. The largest absolute Gasteiger partial charge is 0.497 e. The molecule has 0 fully saturated rings. The lowest BCUT2D eigenvalue weighted by molar-refractivity contribution is 0.0526. The highest BCUT2D eigenvalue weighted by Crippen LogP contribution is 2.42. The Morgan fingerprint density at radius 3 is 2.32 bits per heavy atom. The fraction of sp³-hybridized carbons (Fsp3) is 0.333. The molecule has 0 saturated carbocycles. The minimum Gasteiger partial charge on any atom is -0.497 e. The average molecular weight is 420 g/mol. The molecule has 1 aromatic carbocycles. The van der Waals surface area contributed by atoms with Gasteiger partial charge in [-0.25, -0.2) is 9.78 Å². The molecular weight excluding hydrogens is 398 g/mol. The number of esters is 1. The molecule has 2 aromatic heterocycles. The van der Waals surface area contributed by atoms with Crippen molar-refractivity contribution in [2.45, 2.75) is 26.7 Å². The van der Waals surface area contributed by atoms with Gasteiger partial charge < -0.3 is 14.2 Å². The second-order valence-electron chi connectivity index (χ2n) is 6.23. The van der Waals surface area contributed by atoms with E-state index in [2.05, 4.69) is 4.98 Å². The number of benzene rings is 1. The van der Waals surface area contributed by atoms with E-state index >= 15 is 0 Å². The number of rotatable bonds is 6. The fourth-order valence-electron chi connectivity index (χ4n) is 3.19. The number of fused-ring (bicyclic) bond motifs is 1. The Morgan fingerprint density at radius 2 is 1.79 bits per heavy atom. The van der Waals surface area contributed by atoms with Gasteiger partial charge in [-0.1, -0.05) is 0 Å². The summed E-state index contributed by atoms with van der Waals surface area (Å²) in [7, 11) is 3.19. The van der Waals surface area contributed by atoms with Crippen molar-refractivity contribution < 1.29 is 19.0 Å². The number of nitrogens with zero attached hydrogens (tertiary/aromatic N) is 1. The first kappa shape index (κ1) is 20.4. The summed E-state index contributed by atoms with van der Waals surface area (Å²) in [6.07, 6.45) is 0. The van der Waals surface area contributed by atoms with Gasteiger partial charge in [0.1, 0.15) is 16.3 Å². The van der Waals surface area contributed by atoms with Gasteiger partial charge in [0.2, 0.25) is 0 Å². The van der Waals surface area contributed by atoms with E-state index in [0.717, 1.165) is 31.8 Å². The van der Waals surface area contributed by atoms with Crippen LogP contribution < -0.4 is 9.47 Å². The van der Waals surface area contributed by atoms with E-state index in [0.29, 0.717) is 22.8 Å². The van der Waals surface area contributed by atoms with Crippen LogP contribution in [0.1, 0.15) is 33.4 Å². The van der Waals surface area contributed by atoms with Crippen molar-refractivity contribution in [3.05, 3.63) is 39.9 Å². The van der Waals surface area contributed by atoms with E-state index in [-0.39, 0.29) is 12.5 Å². The summed E-state index contributed by atoms with van der Waals surface area (Å²) >= 11 is 7.77. The maximum atomic E-state index is 12.9. The SMILES string of the molecule is CCOC(=O)c1c(CCl)nc2sc(C)c(C)c2c1-c1cc(OC)cc(OC)c1. The van der Waals surface area contributed by atoms with Gasteiger partial charge in [0.15, 0.2) is 0 Å². The summed E-state index contributed by atoms with van der Waals surface area (Å²) in [6.45, 7) is 6.12. The van der Waals surface area contributed by atoms with Crippen molar-refractivity contribution in [3.63, 3.8) is 0 Å². The molecule has 0 amide bonds. The number of carbonyl (C=O) groups excluding carboxylic acids is 1. The topological polar surface area (TPSA) is 57.7 Å². The number of pyridine rings is 1. The van der Waals surface area contributed by atoms with Crippen LogP contribution in [-0.2, 0) is 10.6 Å². The monoisotopic (exact) mass is 419 g/mol. The van der Waals surface area contributed by atoms with Gasteiger partial charge in [-0.15, -0.1) is 22.9 Å². The van der Waals surface area contributed by atoms with Gasteiger partial charge in [-0.05, 0) is 44.0 Å². The highest BCUT2D eigenvalue weighted by atomic mass is 35.5. The van der Waals surface area contributed by atoms with Gasteiger partial charge in [0.05, 0.1) is 38.0 Å². The Labute approximate surface area is 173 Å². The van der Waals surface area contributed by atoms with Crippen LogP contribution in [0.25, 0.3) is 21.3 Å². The molecule has 148 valence electrons. The first-order valence-electron chi connectivity index (χ1n) is 8.84. The molecular formula is C21H22ClNO4S. The third-order valence-electron chi connectivity index (χ3n) is 4.64. The van der Waals surface area contributed by atoms with Crippen LogP contribution in [0.15, 0.2) is 18.2 Å². The molecule has 0 bridgehead atoms. The zero-order valence-electron chi connectivity index (χ0n) is 16.5. The number of thiophene rings is 1. The van der Waals surface area contributed by atoms with Gasteiger partial charge in [-0.2, -0.15) is 0 Å². The molecule has 7 heteroatoms. The molecule has 0 aliphatic carbocycles.